The van der Waals surface area contributed by atoms with Crippen LogP contribution in [0.25, 0.3) is 0 Å². The normalized spacial score (nSPS) is 27.5. The summed E-state index contributed by atoms with van der Waals surface area (Å²) in [6.45, 7) is 2.21. The number of Topliss-reactive ketones (excluding diaryl/α,β-unsaturated/α-hetero) is 1. The predicted molar refractivity (Wildman–Crippen MR) is 46.8 cm³/mol. The number of thioether (sulfide) groups is 1. The highest BCUT2D eigenvalue weighted by atomic mass is 32.2. The molecule has 0 saturated heterocycles. The maximum atomic E-state index is 10.8. The van der Waals surface area contributed by atoms with E-state index in [2.05, 4.69) is 0 Å². The van der Waals surface area contributed by atoms with Crippen molar-refractivity contribution in [2.75, 3.05) is 6.61 Å². The van der Waals surface area contributed by atoms with Crippen molar-refractivity contribution < 1.29 is 9.90 Å². The summed E-state index contributed by atoms with van der Waals surface area (Å²) in [5.41, 5.74) is 0. The minimum atomic E-state index is 0.218. The first-order chi connectivity index (χ1) is 5.22. The fourth-order valence-corrected chi connectivity index (χ4v) is 2.55. The van der Waals surface area contributed by atoms with Crippen LogP contribution in [0, 0.1) is 0 Å². The highest BCUT2D eigenvalue weighted by Gasteiger charge is 2.23. The van der Waals surface area contributed by atoms with Crippen LogP contribution in [0.5, 0.6) is 0 Å². The molecule has 2 nitrogen and oxygen atoms in total. The highest BCUT2D eigenvalue weighted by molar-refractivity contribution is 8.00. The van der Waals surface area contributed by atoms with Crippen molar-refractivity contribution in [3.05, 3.63) is 0 Å². The molecule has 0 aromatic carbocycles. The fraction of sp³-hybridized carbons (Fsp3) is 0.875. The van der Waals surface area contributed by atoms with E-state index in [9.17, 15) is 4.79 Å². The molecular weight excluding hydrogens is 160 g/mol. The minimum absolute atomic E-state index is 0.218. The maximum absolute atomic E-state index is 10.8. The van der Waals surface area contributed by atoms with E-state index in [-0.39, 0.29) is 11.9 Å². The second kappa shape index (κ2) is 4.12. The first kappa shape index (κ1) is 9.07. The lowest BCUT2D eigenvalue weighted by molar-refractivity contribution is -0.117. The van der Waals surface area contributed by atoms with E-state index < -0.39 is 0 Å². The quantitative estimate of drug-likeness (QED) is 0.699. The smallest absolute Gasteiger partial charge is 0.134 e. The minimum Gasteiger partial charge on any atom is -0.395 e. The third-order valence-corrected chi connectivity index (χ3v) is 3.28. The number of aliphatic hydroxyl groups is 1. The lowest BCUT2D eigenvalue weighted by Gasteiger charge is -2.12. The SMILES string of the molecule is CC(CO)SC1CCC(=O)C1. The van der Waals surface area contributed by atoms with Crippen LogP contribution in [0.2, 0.25) is 0 Å². The molecule has 1 rings (SSSR count). The average Bonchev–Trinajstić information content (AvgIpc) is 2.35. The van der Waals surface area contributed by atoms with E-state index in [1.54, 1.807) is 11.8 Å². The highest BCUT2D eigenvalue weighted by Crippen LogP contribution is 2.29. The first-order valence-electron chi connectivity index (χ1n) is 4.00. The lowest BCUT2D eigenvalue weighted by Crippen LogP contribution is -2.08. The Hall–Kier alpha value is -0.0200. The molecular formula is C8H14O2S. The van der Waals surface area contributed by atoms with Crippen LogP contribution in [0.15, 0.2) is 0 Å². The largest absolute Gasteiger partial charge is 0.395 e. The third-order valence-electron chi connectivity index (χ3n) is 1.88. The molecule has 0 aromatic rings. The molecule has 1 saturated carbocycles. The second-order valence-electron chi connectivity index (χ2n) is 3.03. The van der Waals surface area contributed by atoms with Gasteiger partial charge in [-0.1, -0.05) is 6.92 Å². The van der Waals surface area contributed by atoms with Crippen LogP contribution >= 0.6 is 11.8 Å². The topological polar surface area (TPSA) is 37.3 Å². The zero-order chi connectivity index (χ0) is 8.27. The van der Waals surface area contributed by atoms with Gasteiger partial charge in [-0.3, -0.25) is 4.79 Å². The number of aliphatic hydroxyl groups excluding tert-OH is 1. The van der Waals surface area contributed by atoms with Crippen LogP contribution in [0.4, 0.5) is 0 Å². The Morgan fingerprint density at radius 3 is 3.00 bits per heavy atom. The average molecular weight is 174 g/mol. The number of ketones is 1. The van der Waals surface area contributed by atoms with Crippen molar-refractivity contribution in [2.24, 2.45) is 0 Å². The molecule has 0 heterocycles. The Morgan fingerprint density at radius 1 is 1.82 bits per heavy atom. The molecule has 0 spiro atoms. The Labute approximate surface area is 71.4 Å². The standard InChI is InChI=1S/C8H14O2S/c1-6(5-9)11-8-3-2-7(10)4-8/h6,8-9H,2-5H2,1H3. The van der Waals surface area contributed by atoms with Gasteiger partial charge in [-0.2, -0.15) is 11.8 Å². The van der Waals surface area contributed by atoms with Crippen LogP contribution < -0.4 is 0 Å². The first-order valence-corrected chi connectivity index (χ1v) is 4.94. The van der Waals surface area contributed by atoms with Crippen molar-refractivity contribution in [1.29, 1.82) is 0 Å². The Kier molecular flexibility index (Phi) is 3.40. The van der Waals surface area contributed by atoms with Gasteiger partial charge in [0.25, 0.3) is 0 Å². The Balaban J connectivity index is 2.22. The summed E-state index contributed by atoms with van der Waals surface area (Å²) in [6, 6.07) is 0. The summed E-state index contributed by atoms with van der Waals surface area (Å²) in [7, 11) is 0. The van der Waals surface area contributed by atoms with Gasteiger partial charge < -0.3 is 5.11 Å². The summed E-state index contributed by atoms with van der Waals surface area (Å²) >= 11 is 1.74. The van der Waals surface area contributed by atoms with E-state index in [0.29, 0.717) is 11.0 Å². The summed E-state index contributed by atoms with van der Waals surface area (Å²) < 4.78 is 0. The van der Waals surface area contributed by atoms with Gasteiger partial charge in [0.2, 0.25) is 0 Å². The van der Waals surface area contributed by atoms with Crippen LogP contribution in [-0.2, 0) is 4.79 Å². The molecule has 0 amide bonds. The number of rotatable bonds is 3. The van der Waals surface area contributed by atoms with Crippen molar-refractivity contribution in [1.82, 2.24) is 0 Å². The van der Waals surface area contributed by atoms with Gasteiger partial charge >= 0.3 is 0 Å². The van der Waals surface area contributed by atoms with Crippen LogP contribution in [0.1, 0.15) is 26.2 Å². The molecule has 2 unspecified atom stereocenters. The second-order valence-corrected chi connectivity index (χ2v) is 4.78. The fourth-order valence-electron chi connectivity index (χ4n) is 1.27. The van der Waals surface area contributed by atoms with Crippen LogP contribution in [0.3, 0.4) is 0 Å². The van der Waals surface area contributed by atoms with E-state index in [1.165, 1.54) is 0 Å². The summed E-state index contributed by atoms with van der Waals surface area (Å²) in [4.78, 5) is 10.8. The molecule has 1 N–H and O–H groups in total. The molecule has 1 aliphatic rings. The summed E-state index contributed by atoms with van der Waals surface area (Å²) in [5, 5.41) is 9.52. The lowest BCUT2D eigenvalue weighted by atomic mass is 10.4. The Bertz CT molecular complexity index is 147. The molecule has 1 aliphatic carbocycles. The molecule has 0 radical (unpaired) electrons. The predicted octanol–water partition coefficient (Wildman–Crippen LogP) is 1.22. The molecule has 2 atom stereocenters. The van der Waals surface area contributed by atoms with Gasteiger partial charge in [-0.25, -0.2) is 0 Å². The van der Waals surface area contributed by atoms with E-state index >= 15 is 0 Å². The maximum Gasteiger partial charge on any atom is 0.134 e. The van der Waals surface area contributed by atoms with Crippen molar-refractivity contribution in [3.63, 3.8) is 0 Å². The van der Waals surface area contributed by atoms with Gasteiger partial charge in [-0.15, -0.1) is 0 Å². The Morgan fingerprint density at radius 2 is 2.55 bits per heavy atom. The number of hydrogen-bond donors (Lipinski definition) is 1. The molecule has 0 aliphatic heterocycles. The summed E-state index contributed by atoms with van der Waals surface area (Å²) in [6.07, 6.45) is 2.47. The number of carbonyl (C=O) groups is 1. The molecule has 3 heteroatoms. The van der Waals surface area contributed by atoms with Crippen LogP contribution in [-0.4, -0.2) is 28.0 Å². The monoisotopic (exact) mass is 174 g/mol. The van der Waals surface area contributed by atoms with E-state index in [4.69, 9.17) is 5.11 Å². The van der Waals surface area contributed by atoms with Gasteiger partial charge in [0.05, 0.1) is 6.61 Å². The molecule has 64 valence electrons. The molecule has 11 heavy (non-hydrogen) atoms. The van der Waals surface area contributed by atoms with Gasteiger partial charge in [0.15, 0.2) is 0 Å². The molecule has 0 bridgehead atoms. The van der Waals surface area contributed by atoms with E-state index in [1.807, 2.05) is 6.92 Å². The van der Waals surface area contributed by atoms with Crippen molar-refractivity contribution in [2.45, 2.75) is 36.7 Å². The molecule has 1 fully saturated rings. The number of hydrogen-bond acceptors (Lipinski definition) is 3. The van der Waals surface area contributed by atoms with Crippen molar-refractivity contribution >= 4 is 17.5 Å². The number of carbonyl (C=O) groups excluding carboxylic acids is 1. The third kappa shape index (κ3) is 2.83. The van der Waals surface area contributed by atoms with Gasteiger partial charge in [0.1, 0.15) is 5.78 Å². The van der Waals surface area contributed by atoms with Crippen molar-refractivity contribution in [3.8, 4) is 0 Å². The van der Waals surface area contributed by atoms with Gasteiger partial charge in [0, 0.05) is 23.3 Å². The van der Waals surface area contributed by atoms with Gasteiger partial charge in [-0.05, 0) is 6.42 Å². The zero-order valence-corrected chi connectivity index (χ0v) is 7.56. The molecule has 0 aromatic heterocycles. The van der Waals surface area contributed by atoms with E-state index in [0.717, 1.165) is 19.3 Å². The zero-order valence-electron chi connectivity index (χ0n) is 6.75. The summed E-state index contributed by atoms with van der Waals surface area (Å²) in [5.74, 6) is 0.382.